The number of rotatable bonds is 5. The van der Waals surface area contributed by atoms with Gasteiger partial charge in [0.05, 0.1) is 11.8 Å². The van der Waals surface area contributed by atoms with Crippen LogP contribution in [0.25, 0.3) is 0 Å². The van der Waals surface area contributed by atoms with E-state index in [1.165, 1.54) is 32.6 Å². The number of oxime groups is 1. The Hall–Kier alpha value is -1.78. The highest BCUT2D eigenvalue weighted by Gasteiger charge is 2.04. The SMILES string of the molecule is CO/N=C/C(=C/C=C/N1CCCCC1)C(N)=O. The molecule has 1 rings (SSSR count). The molecule has 1 aliphatic rings. The smallest absolute Gasteiger partial charge is 0.250 e. The second-order valence-corrected chi connectivity index (χ2v) is 3.84. The number of nitrogens with two attached hydrogens (primary N) is 1. The van der Waals surface area contributed by atoms with Crippen molar-refractivity contribution >= 4 is 12.1 Å². The van der Waals surface area contributed by atoms with Gasteiger partial charge in [0.2, 0.25) is 5.91 Å². The molecule has 0 atom stereocenters. The number of hydrogen-bond acceptors (Lipinski definition) is 4. The summed E-state index contributed by atoms with van der Waals surface area (Å²) in [6.45, 7) is 2.14. The zero-order valence-corrected chi connectivity index (χ0v) is 10.1. The Bertz CT molecular complexity index is 329. The summed E-state index contributed by atoms with van der Waals surface area (Å²) in [7, 11) is 1.42. The number of carbonyl (C=O) groups excluding carboxylic acids is 1. The molecule has 2 N–H and O–H groups in total. The number of piperidine rings is 1. The predicted molar refractivity (Wildman–Crippen MR) is 67.3 cm³/mol. The van der Waals surface area contributed by atoms with E-state index in [9.17, 15) is 4.79 Å². The molecule has 0 unspecified atom stereocenters. The minimum atomic E-state index is -0.519. The van der Waals surface area contributed by atoms with Crippen LogP contribution >= 0.6 is 0 Å². The van der Waals surface area contributed by atoms with E-state index in [1.807, 2.05) is 12.3 Å². The van der Waals surface area contributed by atoms with E-state index in [-0.39, 0.29) is 0 Å². The molecule has 0 spiro atoms. The van der Waals surface area contributed by atoms with Gasteiger partial charge >= 0.3 is 0 Å². The normalized spacial score (nSPS) is 17.9. The third-order valence-electron chi connectivity index (χ3n) is 2.55. The van der Waals surface area contributed by atoms with Crippen LogP contribution in [0.15, 0.2) is 29.1 Å². The van der Waals surface area contributed by atoms with E-state index in [1.54, 1.807) is 6.08 Å². The van der Waals surface area contributed by atoms with Crippen LogP contribution < -0.4 is 5.73 Å². The zero-order chi connectivity index (χ0) is 12.5. The van der Waals surface area contributed by atoms with Crippen LogP contribution in [0, 0.1) is 0 Å². The minimum absolute atomic E-state index is 0.320. The van der Waals surface area contributed by atoms with Gasteiger partial charge < -0.3 is 15.5 Å². The van der Waals surface area contributed by atoms with Crippen molar-refractivity contribution in [1.82, 2.24) is 4.90 Å². The standard InChI is InChI=1S/C12H19N3O2/c1-17-14-10-11(12(13)16)6-5-9-15-7-3-2-4-8-15/h5-6,9-10H,2-4,7-8H2,1H3,(H2,13,16)/b9-5+,11-6-,14-10+. The number of amides is 1. The largest absolute Gasteiger partial charge is 0.399 e. The molecule has 0 bridgehead atoms. The quantitative estimate of drug-likeness (QED) is 0.336. The molecular formula is C12H19N3O2. The summed E-state index contributed by atoms with van der Waals surface area (Å²) in [5, 5.41) is 3.52. The molecular weight excluding hydrogens is 218 g/mol. The molecule has 1 fully saturated rings. The van der Waals surface area contributed by atoms with Crippen molar-refractivity contribution in [3.8, 4) is 0 Å². The van der Waals surface area contributed by atoms with Gasteiger partial charge in [-0.15, -0.1) is 0 Å². The molecule has 0 aliphatic carbocycles. The van der Waals surface area contributed by atoms with Gasteiger partial charge in [-0.25, -0.2) is 0 Å². The molecule has 94 valence electrons. The maximum Gasteiger partial charge on any atom is 0.250 e. The number of nitrogens with zero attached hydrogens (tertiary/aromatic N) is 2. The van der Waals surface area contributed by atoms with E-state index in [4.69, 9.17) is 5.73 Å². The summed E-state index contributed by atoms with van der Waals surface area (Å²) in [5.41, 5.74) is 5.51. The fourth-order valence-corrected chi connectivity index (χ4v) is 1.63. The van der Waals surface area contributed by atoms with Gasteiger partial charge in [-0.05, 0) is 37.6 Å². The van der Waals surface area contributed by atoms with Gasteiger partial charge in [0, 0.05) is 13.1 Å². The Balaban J connectivity index is 2.55. The first-order valence-electron chi connectivity index (χ1n) is 5.73. The number of likely N-dealkylation sites (tertiary alicyclic amines) is 1. The molecule has 1 saturated heterocycles. The first-order chi connectivity index (χ1) is 8.24. The van der Waals surface area contributed by atoms with Gasteiger partial charge in [0.15, 0.2) is 0 Å². The van der Waals surface area contributed by atoms with Crippen LogP contribution in [0.4, 0.5) is 0 Å². The molecule has 0 saturated carbocycles. The lowest BCUT2D eigenvalue weighted by molar-refractivity contribution is -0.114. The van der Waals surface area contributed by atoms with Crippen molar-refractivity contribution in [3.63, 3.8) is 0 Å². The van der Waals surface area contributed by atoms with Gasteiger partial charge in [-0.1, -0.05) is 5.16 Å². The minimum Gasteiger partial charge on any atom is -0.399 e. The van der Waals surface area contributed by atoms with Gasteiger partial charge in [-0.3, -0.25) is 4.79 Å². The van der Waals surface area contributed by atoms with E-state index in [0.717, 1.165) is 13.1 Å². The van der Waals surface area contributed by atoms with Crippen LogP contribution in [0.1, 0.15) is 19.3 Å². The number of carbonyl (C=O) groups is 1. The molecule has 1 amide bonds. The predicted octanol–water partition coefficient (Wildman–Crippen LogP) is 1.03. The first kappa shape index (κ1) is 13.3. The summed E-state index contributed by atoms with van der Waals surface area (Å²) in [4.78, 5) is 17.8. The van der Waals surface area contributed by atoms with Gasteiger partial charge in [0.25, 0.3) is 0 Å². The molecule has 0 radical (unpaired) electrons. The molecule has 1 aliphatic heterocycles. The van der Waals surface area contributed by atoms with Crippen molar-refractivity contribution < 1.29 is 9.63 Å². The van der Waals surface area contributed by atoms with E-state index < -0.39 is 5.91 Å². The average molecular weight is 237 g/mol. The van der Waals surface area contributed by atoms with Crippen molar-refractivity contribution in [2.45, 2.75) is 19.3 Å². The zero-order valence-electron chi connectivity index (χ0n) is 10.1. The van der Waals surface area contributed by atoms with Gasteiger partial charge in [-0.2, -0.15) is 0 Å². The van der Waals surface area contributed by atoms with Crippen molar-refractivity contribution in [2.24, 2.45) is 10.9 Å². The second-order valence-electron chi connectivity index (χ2n) is 3.84. The molecule has 5 nitrogen and oxygen atoms in total. The molecule has 0 aromatic heterocycles. The van der Waals surface area contributed by atoms with Crippen LogP contribution in [-0.2, 0) is 9.63 Å². The number of primary amides is 1. The Morgan fingerprint density at radius 1 is 1.35 bits per heavy atom. The fraction of sp³-hybridized carbons (Fsp3) is 0.500. The number of allylic oxidation sites excluding steroid dienone is 2. The average Bonchev–Trinajstić information content (AvgIpc) is 2.34. The summed E-state index contributed by atoms with van der Waals surface area (Å²) < 4.78 is 0. The lowest BCUT2D eigenvalue weighted by atomic mass is 10.1. The Labute approximate surface area is 102 Å². The van der Waals surface area contributed by atoms with Crippen LogP contribution in [0.3, 0.4) is 0 Å². The van der Waals surface area contributed by atoms with Crippen LogP contribution in [0.5, 0.6) is 0 Å². The first-order valence-corrected chi connectivity index (χ1v) is 5.73. The molecule has 0 aromatic rings. The van der Waals surface area contributed by atoms with Crippen molar-refractivity contribution in [1.29, 1.82) is 0 Å². The Kier molecular flexibility index (Phi) is 5.85. The Morgan fingerprint density at radius 3 is 2.65 bits per heavy atom. The van der Waals surface area contributed by atoms with Gasteiger partial charge in [0.1, 0.15) is 7.11 Å². The highest BCUT2D eigenvalue weighted by Crippen LogP contribution is 2.08. The van der Waals surface area contributed by atoms with Crippen molar-refractivity contribution in [2.75, 3.05) is 20.2 Å². The van der Waals surface area contributed by atoms with E-state index in [2.05, 4.69) is 14.9 Å². The maximum atomic E-state index is 11.0. The summed E-state index contributed by atoms with van der Waals surface area (Å²) in [6.07, 6.45) is 10.5. The van der Waals surface area contributed by atoms with Crippen LogP contribution in [0.2, 0.25) is 0 Å². The lowest BCUT2D eigenvalue weighted by Gasteiger charge is -2.24. The van der Waals surface area contributed by atoms with Crippen molar-refractivity contribution in [3.05, 3.63) is 23.9 Å². The maximum absolute atomic E-state index is 11.0. The molecule has 17 heavy (non-hydrogen) atoms. The topological polar surface area (TPSA) is 67.9 Å². The Morgan fingerprint density at radius 2 is 2.06 bits per heavy atom. The molecule has 5 heteroatoms. The number of hydrogen-bond donors (Lipinski definition) is 1. The highest BCUT2D eigenvalue weighted by atomic mass is 16.6. The third-order valence-corrected chi connectivity index (χ3v) is 2.55. The van der Waals surface area contributed by atoms with E-state index in [0.29, 0.717) is 5.57 Å². The highest BCUT2D eigenvalue weighted by molar-refractivity contribution is 6.11. The molecule has 0 aromatic carbocycles. The summed E-state index contributed by atoms with van der Waals surface area (Å²) in [5.74, 6) is -0.519. The second kappa shape index (κ2) is 7.49. The third kappa shape index (κ3) is 5.19. The van der Waals surface area contributed by atoms with Crippen LogP contribution in [-0.4, -0.2) is 37.2 Å². The monoisotopic (exact) mass is 237 g/mol. The summed E-state index contributed by atoms with van der Waals surface area (Å²) >= 11 is 0. The lowest BCUT2D eigenvalue weighted by Crippen LogP contribution is -2.24. The summed E-state index contributed by atoms with van der Waals surface area (Å²) in [6, 6.07) is 0. The molecule has 1 heterocycles. The fourth-order valence-electron chi connectivity index (χ4n) is 1.63. The van der Waals surface area contributed by atoms with E-state index >= 15 is 0 Å².